The average Bonchev–Trinajstić information content (AvgIpc) is 3.05. The van der Waals surface area contributed by atoms with Crippen LogP contribution in [0.2, 0.25) is 0 Å². The molecule has 0 aliphatic carbocycles. The molecule has 170 valence electrons. The number of hydrogen-bond acceptors (Lipinski definition) is 6. The minimum atomic E-state index is -0.651. The number of para-hydroxylation sites is 1. The van der Waals surface area contributed by atoms with Gasteiger partial charge >= 0.3 is 0 Å². The first kappa shape index (κ1) is 23.4. The Kier molecular flexibility index (Phi) is 7.97. The van der Waals surface area contributed by atoms with Gasteiger partial charge in [0.1, 0.15) is 17.3 Å². The SMILES string of the molecule is CCOc1ccc(C2=C(N(CCOC)CCOC)C(=O)N(c3ccccc3F)C2=O)cc1. The number of ether oxygens (including phenoxy) is 3. The van der Waals surface area contributed by atoms with Crippen molar-refractivity contribution in [3.63, 3.8) is 0 Å². The van der Waals surface area contributed by atoms with E-state index in [0.29, 0.717) is 44.2 Å². The molecule has 0 radical (unpaired) electrons. The summed E-state index contributed by atoms with van der Waals surface area (Å²) in [6.45, 7) is 3.78. The highest BCUT2D eigenvalue weighted by atomic mass is 19.1. The van der Waals surface area contributed by atoms with Crippen molar-refractivity contribution in [1.82, 2.24) is 4.90 Å². The third kappa shape index (κ3) is 4.81. The lowest BCUT2D eigenvalue weighted by molar-refractivity contribution is -0.120. The Morgan fingerprint density at radius 1 is 0.906 bits per heavy atom. The molecule has 2 amide bonds. The number of amides is 2. The second-order valence-corrected chi connectivity index (χ2v) is 7.05. The van der Waals surface area contributed by atoms with Crippen LogP contribution in [-0.4, -0.2) is 63.8 Å². The van der Waals surface area contributed by atoms with Crippen LogP contribution in [0.4, 0.5) is 10.1 Å². The molecule has 0 aromatic heterocycles. The summed E-state index contributed by atoms with van der Waals surface area (Å²) in [4.78, 5) is 29.7. The maximum absolute atomic E-state index is 14.6. The molecule has 0 fully saturated rings. The predicted octanol–water partition coefficient (Wildman–Crippen LogP) is 3.10. The molecule has 0 saturated carbocycles. The summed E-state index contributed by atoms with van der Waals surface area (Å²) in [7, 11) is 3.12. The van der Waals surface area contributed by atoms with E-state index in [0.717, 1.165) is 4.90 Å². The quantitative estimate of drug-likeness (QED) is 0.498. The number of halogens is 1. The Morgan fingerprint density at radius 3 is 2.09 bits per heavy atom. The summed E-state index contributed by atoms with van der Waals surface area (Å²) in [6.07, 6.45) is 0. The second kappa shape index (κ2) is 10.9. The summed E-state index contributed by atoms with van der Waals surface area (Å²) >= 11 is 0. The van der Waals surface area contributed by atoms with Crippen LogP contribution in [0.3, 0.4) is 0 Å². The lowest BCUT2D eigenvalue weighted by atomic mass is 10.0. The Labute approximate surface area is 187 Å². The van der Waals surface area contributed by atoms with Crippen molar-refractivity contribution >= 4 is 23.1 Å². The van der Waals surface area contributed by atoms with Gasteiger partial charge in [0.15, 0.2) is 0 Å². The van der Waals surface area contributed by atoms with Gasteiger partial charge in [0.05, 0.1) is 31.1 Å². The first-order valence-electron chi connectivity index (χ1n) is 10.4. The number of carbonyl (C=O) groups excluding carboxylic acids is 2. The summed E-state index contributed by atoms with van der Waals surface area (Å²) in [5.74, 6) is -1.17. The minimum Gasteiger partial charge on any atom is -0.494 e. The highest BCUT2D eigenvalue weighted by Crippen LogP contribution is 2.36. The zero-order valence-corrected chi connectivity index (χ0v) is 18.5. The zero-order chi connectivity index (χ0) is 23.1. The van der Waals surface area contributed by atoms with Crippen LogP contribution in [0.1, 0.15) is 12.5 Å². The second-order valence-electron chi connectivity index (χ2n) is 7.05. The molecule has 7 nitrogen and oxygen atoms in total. The van der Waals surface area contributed by atoms with Gasteiger partial charge in [-0.05, 0) is 36.8 Å². The molecule has 0 bridgehead atoms. The van der Waals surface area contributed by atoms with Gasteiger partial charge in [-0.3, -0.25) is 9.59 Å². The van der Waals surface area contributed by atoms with Crippen molar-refractivity contribution in [3.05, 3.63) is 65.6 Å². The minimum absolute atomic E-state index is 0.0839. The van der Waals surface area contributed by atoms with Gasteiger partial charge in [-0.1, -0.05) is 24.3 Å². The van der Waals surface area contributed by atoms with Crippen molar-refractivity contribution in [2.45, 2.75) is 6.92 Å². The van der Waals surface area contributed by atoms with Gasteiger partial charge in [-0.15, -0.1) is 0 Å². The predicted molar refractivity (Wildman–Crippen MR) is 119 cm³/mol. The summed E-state index contributed by atoms with van der Waals surface area (Å²) in [6, 6.07) is 12.7. The molecular weight excluding hydrogens is 415 g/mol. The fourth-order valence-corrected chi connectivity index (χ4v) is 3.55. The van der Waals surface area contributed by atoms with Crippen LogP contribution >= 0.6 is 0 Å². The first-order valence-corrected chi connectivity index (χ1v) is 10.4. The molecule has 0 saturated heterocycles. The van der Waals surface area contributed by atoms with Crippen molar-refractivity contribution in [2.24, 2.45) is 0 Å². The lowest BCUT2D eigenvalue weighted by Gasteiger charge is -2.25. The molecule has 3 rings (SSSR count). The van der Waals surface area contributed by atoms with Crippen LogP contribution in [0.25, 0.3) is 5.57 Å². The van der Waals surface area contributed by atoms with Gasteiger partial charge in [-0.25, -0.2) is 9.29 Å². The van der Waals surface area contributed by atoms with E-state index < -0.39 is 17.6 Å². The molecule has 32 heavy (non-hydrogen) atoms. The number of rotatable bonds is 11. The van der Waals surface area contributed by atoms with Crippen molar-refractivity contribution in [1.29, 1.82) is 0 Å². The molecule has 0 spiro atoms. The van der Waals surface area contributed by atoms with Gasteiger partial charge in [0, 0.05) is 27.3 Å². The van der Waals surface area contributed by atoms with Crippen LogP contribution in [0, 0.1) is 5.82 Å². The lowest BCUT2D eigenvalue weighted by Crippen LogP contribution is -2.38. The monoisotopic (exact) mass is 442 g/mol. The summed E-state index contributed by atoms with van der Waals surface area (Å²) < 4.78 is 30.4. The maximum atomic E-state index is 14.6. The summed E-state index contributed by atoms with van der Waals surface area (Å²) in [5, 5.41) is 0. The first-order chi connectivity index (χ1) is 15.5. The van der Waals surface area contributed by atoms with E-state index in [9.17, 15) is 14.0 Å². The topological polar surface area (TPSA) is 68.3 Å². The molecule has 8 heteroatoms. The van der Waals surface area contributed by atoms with Crippen LogP contribution < -0.4 is 9.64 Å². The Hall–Kier alpha value is -3.23. The van der Waals surface area contributed by atoms with Crippen molar-refractivity contribution in [2.75, 3.05) is 52.0 Å². The Bertz CT molecular complexity index is 982. The van der Waals surface area contributed by atoms with E-state index in [4.69, 9.17) is 14.2 Å². The number of methoxy groups -OCH3 is 2. The number of hydrogen-bond donors (Lipinski definition) is 0. The third-order valence-corrected chi connectivity index (χ3v) is 5.05. The fourth-order valence-electron chi connectivity index (χ4n) is 3.55. The number of imide groups is 1. The normalized spacial score (nSPS) is 13.8. The Balaban J connectivity index is 2.12. The van der Waals surface area contributed by atoms with E-state index in [1.54, 1.807) is 49.5 Å². The van der Waals surface area contributed by atoms with Gasteiger partial charge in [0.25, 0.3) is 11.8 Å². The molecular formula is C24H27FN2O5. The van der Waals surface area contributed by atoms with Crippen molar-refractivity contribution < 1.29 is 28.2 Å². The molecule has 0 atom stereocenters. The summed E-state index contributed by atoms with van der Waals surface area (Å²) in [5.41, 5.74) is 0.852. The standard InChI is InChI=1S/C24H27FN2O5/c1-4-32-18-11-9-17(10-12-18)21-22(26(13-15-30-2)14-16-31-3)24(29)27(23(21)28)20-8-6-5-7-19(20)25/h5-12H,4,13-16H2,1-3H3. The molecule has 1 aliphatic heterocycles. The van der Waals surface area contributed by atoms with E-state index in [2.05, 4.69) is 0 Å². The fraction of sp³-hybridized carbons (Fsp3) is 0.333. The van der Waals surface area contributed by atoms with E-state index in [-0.39, 0.29) is 17.0 Å². The third-order valence-electron chi connectivity index (χ3n) is 5.05. The van der Waals surface area contributed by atoms with Gasteiger partial charge < -0.3 is 19.1 Å². The van der Waals surface area contributed by atoms with Crippen LogP contribution in [0.5, 0.6) is 5.75 Å². The molecule has 1 heterocycles. The zero-order valence-electron chi connectivity index (χ0n) is 18.5. The molecule has 0 unspecified atom stereocenters. The number of benzene rings is 2. The molecule has 1 aliphatic rings. The van der Waals surface area contributed by atoms with Gasteiger partial charge in [-0.2, -0.15) is 0 Å². The largest absolute Gasteiger partial charge is 0.494 e. The highest BCUT2D eigenvalue weighted by Gasteiger charge is 2.43. The number of nitrogens with zero attached hydrogens (tertiary/aromatic N) is 2. The Morgan fingerprint density at radius 2 is 1.53 bits per heavy atom. The number of carbonyl (C=O) groups is 2. The maximum Gasteiger partial charge on any atom is 0.282 e. The average molecular weight is 442 g/mol. The number of anilines is 1. The smallest absolute Gasteiger partial charge is 0.282 e. The highest BCUT2D eigenvalue weighted by molar-refractivity contribution is 6.45. The molecule has 2 aromatic carbocycles. The molecule has 2 aromatic rings. The van der Waals surface area contributed by atoms with E-state index in [1.165, 1.54) is 18.2 Å². The van der Waals surface area contributed by atoms with E-state index in [1.807, 2.05) is 6.92 Å². The van der Waals surface area contributed by atoms with Gasteiger partial charge in [0.2, 0.25) is 0 Å². The van der Waals surface area contributed by atoms with E-state index >= 15 is 0 Å². The van der Waals surface area contributed by atoms with Crippen molar-refractivity contribution in [3.8, 4) is 5.75 Å². The van der Waals surface area contributed by atoms with Crippen LogP contribution in [-0.2, 0) is 19.1 Å². The van der Waals surface area contributed by atoms with Crippen LogP contribution in [0.15, 0.2) is 54.2 Å². The molecule has 0 N–H and O–H groups in total.